The predicted molar refractivity (Wildman–Crippen MR) is 91.5 cm³/mol. The molecule has 0 spiro atoms. The van der Waals surface area contributed by atoms with Crippen LogP contribution < -0.4 is 0 Å². The minimum absolute atomic E-state index is 0.201. The molecule has 10 nitrogen and oxygen atoms in total. The fourth-order valence-corrected chi connectivity index (χ4v) is 3.47. The van der Waals surface area contributed by atoms with E-state index in [4.69, 9.17) is 10.1 Å². The normalized spacial score (nSPS) is 16.8. The highest BCUT2D eigenvalue weighted by atomic mass is 15.4. The molecule has 132 valence electrons. The quantitative estimate of drug-likeness (QED) is 0.591. The van der Waals surface area contributed by atoms with Gasteiger partial charge in [-0.3, -0.25) is 9.78 Å². The van der Waals surface area contributed by atoms with Gasteiger partial charge in [-0.1, -0.05) is 0 Å². The summed E-state index contributed by atoms with van der Waals surface area (Å²) in [4.78, 5) is 9.19. The molecule has 1 aliphatic heterocycles. The second kappa shape index (κ2) is 5.61. The highest BCUT2D eigenvalue weighted by Crippen LogP contribution is 2.30. The molecule has 0 amide bonds. The average molecular weight is 350 g/mol. The van der Waals surface area contributed by atoms with Crippen LogP contribution in [-0.4, -0.2) is 49.5 Å². The Balaban J connectivity index is 1.63. The highest BCUT2D eigenvalue weighted by molar-refractivity contribution is 5.56. The summed E-state index contributed by atoms with van der Waals surface area (Å²) >= 11 is 0. The molecular formula is C16H18N10. The molecule has 0 aliphatic carbocycles. The maximum atomic E-state index is 4.88. The third-order valence-electron chi connectivity index (χ3n) is 4.89. The summed E-state index contributed by atoms with van der Waals surface area (Å²) in [6, 6.07) is 1.94. The molecule has 26 heavy (non-hydrogen) atoms. The fraction of sp³-hybridized carbons (Fsp3) is 0.375. The first-order valence-corrected chi connectivity index (χ1v) is 8.53. The zero-order valence-electron chi connectivity index (χ0n) is 14.5. The lowest BCUT2D eigenvalue weighted by Crippen LogP contribution is -2.23. The Labute approximate surface area is 148 Å². The Kier molecular flexibility index (Phi) is 3.24. The van der Waals surface area contributed by atoms with Crippen molar-refractivity contribution in [2.45, 2.75) is 32.2 Å². The van der Waals surface area contributed by atoms with Gasteiger partial charge in [-0.05, 0) is 13.3 Å². The van der Waals surface area contributed by atoms with E-state index < -0.39 is 0 Å². The number of rotatable bonds is 3. The lowest BCUT2D eigenvalue weighted by Gasteiger charge is -2.22. The molecule has 1 aliphatic rings. The number of hydrogen-bond donors (Lipinski definition) is 1. The molecule has 1 N–H and O–H groups in total. The van der Waals surface area contributed by atoms with E-state index in [-0.39, 0.29) is 5.92 Å². The van der Waals surface area contributed by atoms with Crippen molar-refractivity contribution in [3.05, 3.63) is 42.1 Å². The summed E-state index contributed by atoms with van der Waals surface area (Å²) in [6.45, 7) is 2.71. The topological polar surface area (TPSA) is 108 Å². The third-order valence-corrected chi connectivity index (χ3v) is 4.89. The van der Waals surface area contributed by atoms with Gasteiger partial charge in [0, 0.05) is 31.1 Å². The van der Waals surface area contributed by atoms with Crippen LogP contribution in [0.15, 0.2) is 24.8 Å². The largest absolute Gasteiger partial charge is 0.282 e. The zero-order valence-corrected chi connectivity index (χ0v) is 14.5. The SMILES string of the molecule is Cc1[nH]ncc1-c1nc(C2CCc3ncnn3C2)n(-c2ccnn2C)n1. The number of H-pyrrole nitrogens is 1. The number of aromatic nitrogens is 10. The van der Waals surface area contributed by atoms with E-state index in [1.54, 1.807) is 23.4 Å². The van der Waals surface area contributed by atoms with Crippen molar-refractivity contribution in [3.63, 3.8) is 0 Å². The van der Waals surface area contributed by atoms with Crippen LogP contribution in [0.25, 0.3) is 17.2 Å². The first kappa shape index (κ1) is 15.0. The van der Waals surface area contributed by atoms with Crippen LogP contribution in [0.2, 0.25) is 0 Å². The van der Waals surface area contributed by atoms with Gasteiger partial charge >= 0.3 is 0 Å². The molecule has 0 bridgehead atoms. The second-order valence-electron chi connectivity index (χ2n) is 6.52. The van der Waals surface area contributed by atoms with Crippen LogP contribution in [-0.2, 0) is 20.0 Å². The Hall–Kier alpha value is -3.30. The summed E-state index contributed by atoms with van der Waals surface area (Å²) in [5, 5.41) is 20.4. The van der Waals surface area contributed by atoms with Crippen molar-refractivity contribution in [1.82, 2.24) is 49.5 Å². The van der Waals surface area contributed by atoms with E-state index in [9.17, 15) is 0 Å². The lowest BCUT2D eigenvalue weighted by atomic mass is 9.99. The monoisotopic (exact) mass is 350 g/mol. The molecule has 5 heterocycles. The zero-order chi connectivity index (χ0) is 17.7. The Bertz CT molecular complexity index is 1060. The summed E-state index contributed by atoms with van der Waals surface area (Å²) in [5.74, 6) is 3.68. The van der Waals surface area contributed by atoms with Crippen LogP contribution >= 0.6 is 0 Å². The van der Waals surface area contributed by atoms with Crippen molar-refractivity contribution < 1.29 is 0 Å². The molecule has 4 aromatic rings. The standard InChI is InChI=1S/C16H18N10/c1-10-12(7-18-22-10)15-21-16(26(23-15)14-5-6-19-24(14)2)11-3-4-13-17-9-20-25(13)8-11/h5-7,9,11H,3-4,8H2,1-2H3,(H,18,22). The van der Waals surface area contributed by atoms with Gasteiger partial charge in [-0.2, -0.15) is 20.0 Å². The van der Waals surface area contributed by atoms with Gasteiger partial charge in [0.25, 0.3) is 0 Å². The van der Waals surface area contributed by atoms with Crippen molar-refractivity contribution in [1.29, 1.82) is 0 Å². The van der Waals surface area contributed by atoms with Crippen LogP contribution in [0.3, 0.4) is 0 Å². The molecule has 10 heteroatoms. The lowest BCUT2D eigenvalue weighted by molar-refractivity contribution is 0.403. The molecule has 0 saturated heterocycles. The minimum Gasteiger partial charge on any atom is -0.282 e. The Morgan fingerprint density at radius 2 is 2.19 bits per heavy atom. The molecule has 0 radical (unpaired) electrons. The van der Waals surface area contributed by atoms with E-state index in [0.717, 1.165) is 48.1 Å². The first-order chi connectivity index (χ1) is 12.7. The maximum absolute atomic E-state index is 4.88. The fourth-order valence-electron chi connectivity index (χ4n) is 3.47. The average Bonchev–Trinajstić information content (AvgIpc) is 3.39. The van der Waals surface area contributed by atoms with Gasteiger partial charge in [0.1, 0.15) is 18.0 Å². The molecule has 0 fully saturated rings. The molecule has 4 aromatic heterocycles. The first-order valence-electron chi connectivity index (χ1n) is 8.53. The molecule has 0 saturated carbocycles. The van der Waals surface area contributed by atoms with Gasteiger partial charge in [-0.25, -0.2) is 14.6 Å². The third kappa shape index (κ3) is 2.25. The second-order valence-corrected chi connectivity index (χ2v) is 6.52. The van der Waals surface area contributed by atoms with Crippen LogP contribution in [0.1, 0.15) is 29.7 Å². The van der Waals surface area contributed by atoms with Crippen molar-refractivity contribution in [3.8, 4) is 17.2 Å². The smallest absolute Gasteiger partial charge is 0.185 e. The summed E-state index contributed by atoms with van der Waals surface area (Å²) in [7, 11) is 1.90. The van der Waals surface area contributed by atoms with Gasteiger partial charge in [0.05, 0.1) is 24.5 Å². The molecular weight excluding hydrogens is 332 g/mol. The Morgan fingerprint density at radius 3 is 2.96 bits per heavy atom. The number of aryl methyl sites for hydroxylation is 3. The minimum atomic E-state index is 0.201. The summed E-state index contributed by atoms with van der Waals surface area (Å²) in [6.07, 6.45) is 6.98. The van der Waals surface area contributed by atoms with Gasteiger partial charge < -0.3 is 0 Å². The van der Waals surface area contributed by atoms with Crippen molar-refractivity contribution in [2.24, 2.45) is 7.05 Å². The maximum Gasteiger partial charge on any atom is 0.185 e. The van der Waals surface area contributed by atoms with Gasteiger partial charge in [0.15, 0.2) is 11.6 Å². The number of hydrogen-bond acceptors (Lipinski definition) is 6. The van der Waals surface area contributed by atoms with Gasteiger partial charge in [0.2, 0.25) is 0 Å². The van der Waals surface area contributed by atoms with Gasteiger partial charge in [-0.15, -0.1) is 5.10 Å². The van der Waals surface area contributed by atoms with Crippen molar-refractivity contribution in [2.75, 3.05) is 0 Å². The summed E-state index contributed by atoms with van der Waals surface area (Å²) < 4.78 is 5.65. The number of aromatic amines is 1. The van der Waals surface area contributed by atoms with E-state index in [1.165, 1.54) is 0 Å². The predicted octanol–water partition coefficient (Wildman–Crippen LogP) is 1.02. The van der Waals surface area contributed by atoms with E-state index in [0.29, 0.717) is 5.82 Å². The van der Waals surface area contributed by atoms with Crippen LogP contribution in [0, 0.1) is 6.92 Å². The molecule has 5 rings (SSSR count). The summed E-state index contributed by atoms with van der Waals surface area (Å²) in [5.41, 5.74) is 1.85. The number of nitrogens with one attached hydrogen (secondary N) is 1. The molecule has 1 atom stereocenters. The van der Waals surface area contributed by atoms with Crippen LogP contribution in [0.4, 0.5) is 0 Å². The van der Waals surface area contributed by atoms with Crippen molar-refractivity contribution >= 4 is 0 Å². The van der Waals surface area contributed by atoms with E-state index >= 15 is 0 Å². The van der Waals surface area contributed by atoms with E-state index in [1.807, 2.05) is 29.4 Å². The number of nitrogens with zero attached hydrogens (tertiary/aromatic N) is 9. The number of fused-ring (bicyclic) bond motifs is 1. The highest BCUT2D eigenvalue weighted by Gasteiger charge is 2.28. The molecule has 0 aromatic carbocycles. The van der Waals surface area contributed by atoms with E-state index in [2.05, 4.69) is 25.4 Å². The Morgan fingerprint density at radius 1 is 1.27 bits per heavy atom. The van der Waals surface area contributed by atoms with Crippen LogP contribution in [0.5, 0.6) is 0 Å². The molecule has 1 unspecified atom stereocenters.